The lowest BCUT2D eigenvalue weighted by atomic mass is 10.1. The number of hydrogen-bond donors (Lipinski definition) is 1. The average molecular weight is 217 g/mol. The third kappa shape index (κ3) is 4.16. The van der Waals surface area contributed by atoms with Gasteiger partial charge in [0.25, 0.3) is 0 Å². The van der Waals surface area contributed by atoms with E-state index >= 15 is 0 Å². The fourth-order valence-electron chi connectivity index (χ4n) is 1.19. The molecule has 0 saturated heterocycles. The third-order valence-corrected chi connectivity index (χ3v) is 1.99. The highest BCUT2D eigenvalue weighted by Gasteiger charge is 2.01. The third-order valence-electron chi connectivity index (χ3n) is 1.99. The molecule has 3 nitrogen and oxygen atoms in total. The standard InChI is InChI=1S/C13H15NO2/c1-14(2)9-4-3-6-11-7-5-8-12(10-11)13(15)16/h5,7-8,10H,6,9H2,1-2H3,(H,15,16). The molecule has 0 aliphatic rings. The molecule has 3 heteroatoms. The molecule has 0 aliphatic heterocycles. The molecule has 0 unspecified atom stereocenters. The molecule has 0 heterocycles. The molecule has 0 saturated carbocycles. The van der Waals surface area contributed by atoms with E-state index in [1.165, 1.54) is 0 Å². The second-order valence-electron chi connectivity index (χ2n) is 3.77. The van der Waals surface area contributed by atoms with Crippen LogP contribution >= 0.6 is 0 Å². The Hall–Kier alpha value is -1.79. The van der Waals surface area contributed by atoms with Crippen LogP contribution in [0, 0.1) is 11.8 Å². The molecule has 1 rings (SSSR count). The van der Waals surface area contributed by atoms with Gasteiger partial charge in [0.2, 0.25) is 0 Å². The molecule has 0 fully saturated rings. The van der Waals surface area contributed by atoms with Crippen molar-refractivity contribution in [3.05, 3.63) is 35.4 Å². The largest absolute Gasteiger partial charge is 0.478 e. The van der Waals surface area contributed by atoms with Crippen LogP contribution in [-0.4, -0.2) is 36.6 Å². The van der Waals surface area contributed by atoms with Crippen molar-refractivity contribution in [2.75, 3.05) is 20.6 Å². The first-order chi connectivity index (χ1) is 7.59. The van der Waals surface area contributed by atoms with E-state index in [1.807, 2.05) is 25.1 Å². The van der Waals surface area contributed by atoms with Gasteiger partial charge in [0.05, 0.1) is 12.1 Å². The minimum absolute atomic E-state index is 0.312. The number of carboxylic acids is 1. The monoisotopic (exact) mass is 217 g/mol. The number of carboxylic acid groups (broad SMARTS) is 1. The maximum Gasteiger partial charge on any atom is 0.335 e. The smallest absolute Gasteiger partial charge is 0.335 e. The summed E-state index contributed by atoms with van der Waals surface area (Å²) in [5.74, 6) is 5.13. The van der Waals surface area contributed by atoms with E-state index in [0.29, 0.717) is 12.0 Å². The van der Waals surface area contributed by atoms with E-state index in [2.05, 4.69) is 11.8 Å². The van der Waals surface area contributed by atoms with Crippen LogP contribution < -0.4 is 0 Å². The summed E-state index contributed by atoms with van der Waals surface area (Å²) < 4.78 is 0. The predicted octanol–water partition coefficient (Wildman–Crippen LogP) is 1.49. The van der Waals surface area contributed by atoms with Gasteiger partial charge in [-0.3, -0.25) is 4.90 Å². The molecule has 1 aromatic carbocycles. The van der Waals surface area contributed by atoms with Crippen LogP contribution in [-0.2, 0) is 6.42 Å². The van der Waals surface area contributed by atoms with Crippen molar-refractivity contribution in [3.63, 3.8) is 0 Å². The molecule has 0 radical (unpaired) electrons. The van der Waals surface area contributed by atoms with Gasteiger partial charge >= 0.3 is 5.97 Å². The Labute approximate surface area is 95.7 Å². The highest BCUT2D eigenvalue weighted by atomic mass is 16.4. The molecule has 1 N–H and O–H groups in total. The Morgan fingerprint density at radius 2 is 2.12 bits per heavy atom. The van der Waals surface area contributed by atoms with E-state index in [4.69, 9.17) is 5.11 Å². The van der Waals surface area contributed by atoms with Crippen LogP contribution in [0.4, 0.5) is 0 Å². The van der Waals surface area contributed by atoms with Crippen molar-refractivity contribution in [3.8, 4) is 11.8 Å². The summed E-state index contributed by atoms with van der Waals surface area (Å²) in [6.07, 6.45) is 0.592. The minimum atomic E-state index is -0.900. The van der Waals surface area contributed by atoms with Crippen molar-refractivity contribution >= 4 is 5.97 Å². The van der Waals surface area contributed by atoms with Gasteiger partial charge in [-0.1, -0.05) is 24.0 Å². The fourth-order valence-corrected chi connectivity index (χ4v) is 1.19. The van der Waals surface area contributed by atoms with Crippen molar-refractivity contribution in [1.82, 2.24) is 4.90 Å². The van der Waals surface area contributed by atoms with Crippen LogP contribution in [0.3, 0.4) is 0 Å². The second kappa shape index (κ2) is 5.94. The lowest BCUT2D eigenvalue weighted by molar-refractivity contribution is 0.0697. The van der Waals surface area contributed by atoms with Crippen LogP contribution in [0.1, 0.15) is 15.9 Å². The minimum Gasteiger partial charge on any atom is -0.478 e. The van der Waals surface area contributed by atoms with Gasteiger partial charge in [-0.05, 0) is 31.8 Å². The molecule has 84 valence electrons. The fraction of sp³-hybridized carbons (Fsp3) is 0.308. The Bertz CT molecular complexity index is 427. The first-order valence-corrected chi connectivity index (χ1v) is 5.02. The number of benzene rings is 1. The van der Waals surface area contributed by atoms with Gasteiger partial charge in [-0.15, -0.1) is 0 Å². The predicted molar refractivity (Wildman–Crippen MR) is 63.4 cm³/mol. The molecule has 16 heavy (non-hydrogen) atoms. The van der Waals surface area contributed by atoms with E-state index < -0.39 is 5.97 Å². The molecular formula is C13H15NO2. The van der Waals surface area contributed by atoms with Gasteiger partial charge in [-0.2, -0.15) is 0 Å². The van der Waals surface area contributed by atoms with Crippen LogP contribution in [0.15, 0.2) is 24.3 Å². The van der Waals surface area contributed by atoms with Crippen molar-refractivity contribution in [1.29, 1.82) is 0 Å². The van der Waals surface area contributed by atoms with Gasteiger partial charge in [0, 0.05) is 6.42 Å². The van der Waals surface area contributed by atoms with Crippen LogP contribution in [0.25, 0.3) is 0 Å². The summed E-state index contributed by atoms with van der Waals surface area (Å²) >= 11 is 0. The Morgan fingerprint density at radius 1 is 1.38 bits per heavy atom. The van der Waals surface area contributed by atoms with Crippen molar-refractivity contribution < 1.29 is 9.90 Å². The molecule has 0 atom stereocenters. The Kier molecular flexibility index (Phi) is 4.56. The van der Waals surface area contributed by atoms with Crippen molar-refractivity contribution in [2.45, 2.75) is 6.42 Å². The highest BCUT2D eigenvalue weighted by Crippen LogP contribution is 2.05. The van der Waals surface area contributed by atoms with Gasteiger partial charge < -0.3 is 5.11 Å². The van der Waals surface area contributed by atoms with Crippen LogP contribution in [0.2, 0.25) is 0 Å². The number of nitrogens with zero attached hydrogens (tertiary/aromatic N) is 1. The van der Waals surface area contributed by atoms with Crippen LogP contribution in [0.5, 0.6) is 0 Å². The highest BCUT2D eigenvalue weighted by molar-refractivity contribution is 5.87. The summed E-state index contributed by atoms with van der Waals surface area (Å²) in [5.41, 5.74) is 1.25. The molecule has 1 aromatic rings. The van der Waals surface area contributed by atoms with Gasteiger partial charge in [0.15, 0.2) is 0 Å². The summed E-state index contributed by atoms with van der Waals surface area (Å²) in [5, 5.41) is 8.81. The first-order valence-electron chi connectivity index (χ1n) is 5.02. The van der Waals surface area contributed by atoms with Gasteiger partial charge in [-0.25, -0.2) is 4.79 Å². The summed E-state index contributed by atoms with van der Waals surface area (Å²) in [7, 11) is 3.92. The van der Waals surface area contributed by atoms with E-state index in [-0.39, 0.29) is 0 Å². The number of hydrogen-bond acceptors (Lipinski definition) is 2. The molecule has 0 amide bonds. The molecule has 0 aliphatic carbocycles. The molecule has 0 bridgehead atoms. The maximum atomic E-state index is 10.7. The maximum absolute atomic E-state index is 10.7. The molecule has 0 spiro atoms. The number of rotatable bonds is 3. The second-order valence-corrected chi connectivity index (χ2v) is 3.77. The molecular weight excluding hydrogens is 202 g/mol. The SMILES string of the molecule is CN(C)CC#CCc1cccc(C(=O)O)c1. The quantitative estimate of drug-likeness (QED) is 0.780. The van der Waals surface area contributed by atoms with E-state index in [0.717, 1.165) is 12.1 Å². The van der Waals surface area contributed by atoms with Crippen molar-refractivity contribution in [2.24, 2.45) is 0 Å². The topological polar surface area (TPSA) is 40.5 Å². The zero-order valence-electron chi connectivity index (χ0n) is 9.53. The molecule has 0 aromatic heterocycles. The zero-order valence-corrected chi connectivity index (χ0v) is 9.53. The lowest BCUT2D eigenvalue weighted by Gasteiger charge is -2.01. The summed E-state index contributed by atoms with van der Waals surface area (Å²) in [6, 6.07) is 6.87. The van der Waals surface area contributed by atoms with Gasteiger partial charge in [0.1, 0.15) is 0 Å². The first kappa shape index (κ1) is 12.3. The van der Waals surface area contributed by atoms with E-state index in [9.17, 15) is 4.79 Å². The average Bonchev–Trinajstić information content (AvgIpc) is 2.24. The summed E-state index contributed by atoms with van der Waals surface area (Å²) in [6.45, 7) is 0.721. The lowest BCUT2D eigenvalue weighted by Crippen LogP contribution is -2.10. The Morgan fingerprint density at radius 3 is 2.75 bits per heavy atom. The normalized spacial score (nSPS) is 9.69. The number of carbonyl (C=O) groups is 1. The number of aromatic carboxylic acids is 1. The summed E-state index contributed by atoms with van der Waals surface area (Å²) in [4.78, 5) is 12.7. The zero-order chi connectivity index (χ0) is 12.0. The van der Waals surface area contributed by atoms with E-state index in [1.54, 1.807) is 18.2 Å². The Balaban J connectivity index is 2.63.